The van der Waals surface area contributed by atoms with Crippen LogP contribution >= 0.6 is 0 Å². The summed E-state index contributed by atoms with van der Waals surface area (Å²) in [6.45, 7) is 2.52. The molecule has 0 aromatic heterocycles. The van der Waals surface area contributed by atoms with Crippen molar-refractivity contribution in [1.29, 1.82) is 0 Å². The highest BCUT2D eigenvalue weighted by Crippen LogP contribution is 2.10. The molecule has 2 aromatic rings. The van der Waals surface area contributed by atoms with Crippen molar-refractivity contribution in [1.82, 2.24) is 4.83 Å². The second-order valence-corrected chi connectivity index (χ2v) is 6.30. The molecule has 2 rings (SSSR count). The lowest BCUT2D eigenvalue weighted by Gasteiger charge is -2.04. The van der Waals surface area contributed by atoms with Crippen LogP contribution in [0, 0.1) is 0 Å². The van der Waals surface area contributed by atoms with Gasteiger partial charge in [-0.15, -0.1) is 0 Å². The molecule has 0 amide bonds. The standard InChI is InChI=1S/C16H18N2O3S/c1-2-21-16-10-8-14(9-11-16)12-17-18-22(19,20)13-15-6-4-3-5-7-15/h3-12,18H,2,13H2,1H3/b17-12+. The van der Waals surface area contributed by atoms with Crippen molar-refractivity contribution in [2.45, 2.75) is 12.7 Å². The number of nitrogens with zero attached hydrogens (tertiary/aromatic N) is 1. The average molecular weight is 318 g/mol. The lowest BCUT2D eigenvalue weighted by molar-refractivity contribution is 0.340. The van der Waals surface area contributed by atoms with Crippen molar-refractivity contribution < 1.29 is 13.2 Å². The van der Waals surface area contributed by atoms with Gasteiger partial charge < -0.3 is 4.74 Å². The van der Waals surface area contributed by atoms with E-state index in [2.05, 4.69) is 9.93 Å². The predicted molar refractivity (Wildman–Crippen MR) is 87.4 cm³/mol. The lowest BCUT2D eigenvalue weighted by atomic mass is 10.2. The number of sulfonamides is 1. The van der Waals surface area contributed by atoms with E-state index >= 15 is 0 Å². The Morgan fingerprint density at radius 3 is 2.41 bits per heavy atom. The fraction of sp³-hybridized carbons (Fsp3) is 0.188. The molecule has 0 saturated heterocycles. The third-order valence-corrected chi connectivity index (χ3v) is 3.89. The highest BCUT2D eigenvalue weighted by atomic mass is 32.2. The summed E-state index contributed by atoms with van der Waals surface area (Å²) in [6, 6.07) is 16.2. The van der Waals surface area contributed by atoms with Gasteiger partial charge in [0.05, 0.1) is 18.6 Å². The Hall–Kier alpha value is -2.34. The first-order chi connectivity index (χ1) is 10.6. The maximum Gasteiger partial charge on any atom is 0.251 e. The molecule has 0 aliphatic rings. The normalized spacial score (nSPS) is 11.5. The number of hydrazone groups is 1. The van der Waals surface area contributed by atoms with E-state index in [9.17, 15) is 8.42 Å². The SMILES string of the molecule is CCOc1ccc(/C=N/NS(=O)(=O)Cc2ccccc2)cc1. The van der Waals surface area contributed by atoms with Crippen molar-refractivity contribution >= 4 is 16.2 Å². The summed E-state index contributed by atoms with van der Waals surface area (Å²) in [6.07, 6.45) is 1.46. The fourth-order valence-corrected chi connectivity index (χ4v) is 2.73. The first kappa shape index (κ1) is 16.0. The van der Waals surface area contributed by atoms with E-state index in [1.807, 2.05) is 25.1 Å². The van der Waals surface area contributed by atoms with Crippen LogP contribution in [0.2, 0.25) is 0 Å². The van der Waals surface area contributed by atoms with Gasteiger partial charge >= 0.3 is 0 Å². The van der Waals surface area contributed by atoms with Gasteiger partial charge in [-0.2, -0.15) is 5.10 Å². The van der Waals surface area contributed by atoms with E-state index in [0.717, 1.165) is 11.3 Å². The minimum absolute atomic E-state index is 0.103. The van der Waals surface area contributed by atoms with Crippen LogP contribution in [0.3, 0.4) is 0 Å². The third-order valence-electron chi connectivity index (χ3n) is 2.80. The minimum atomic E-state index is -3.49. The average Bonchev–Trinajstić information content (AvgIpc) is 2.50. The Morgan fingerprint density at radius 1 is 1.09 bits per heavy atom. The molecule has 116 valence electrons. The Balaban J connectivity index is 1.93. The van der Waals surface area contributed by atoms with Gasteiger partial charge in [0.25, 0.3) is 10.0 Å². The van der Waals surface area contributed by atoms with Gasteiger partial charge in [0.2, 0.25) is 0 Å². The minimum Gasteiger partial charge on any atom is -0.494 e. The quantitative estimate of drug-likeness (QED) is 0.630. The van der Waals surface area contributed by atoms with Crippen molar-refractivity contribution in [3.8, 4) is 5.75 Å². The van der Waals surface area contributed by atoms with Gasteiger partial charge in [-0.1, -0.05) is 30.3 Å². The largest absolute Gasteiger partial charge is 0.494 e. The molecule has 2 aromatic carbocycles. The molecule has 5 nitrogen and oxygen atoms in total. The highest BCUT2D eigenvalue weighted by molar-refractivity contribution is 7.88. The topological polar surface area (TPSA) is 67.8 Å². The Morgan fingerprint density at radius 2 is 1.77 bits per heavy atom. The number of nitrogens with one attached hydrogen (secondary N) is 1. The number of benzene rings is 2. The molecular weight excluding hydrogens is 300 g/mol. The molecule has 6 heteroatoms. The van der Waals surface area contributed by atoms with Gasteiger partial charge in [-0.25, -0.2) is 13.2 Å². The summed E-state index contributed by atoms with van der Waals surface area (Å²) in [5.74, 6) is 0.665. The van der Waals surface area contributed by atoms with E-state index in [0.29, 0.717) is 12.2 Å². The van der Waals surface area contributed by atoms with Gasteiger partial charge in [0, 0.05) is 0 Å². The molecule has 0 heterocycles. The van der Waals surface area contributed by atoms with Gasteiger partial charge in [-0.3, -0.25) is 0 Å². The van der Waals surface area contributed by atoms with Crippen LogP contribution in [0.15, 0.2) is 59.7 Å². The number of rotatable bonds is 7. The third kappa shape index (κ3) is 5.21. The van der Waals surface area contributed by atoms with Gasteiger partial charge in [0.1, 0.15) is 5.75 Å². The van der Waals surface area contributed by atoms with E-state index in [4.69, 9.17) is 4.74 Å². The Bertz CT molecular complexity index is 711. The first-order valence-electron chi connectivity index (χ1n) is 6.88. The maximum atomic E-state index is 11.9. The van der Waals surface area contributed by atoms with E-state index < -0.39 is 10.0 Å². The lowest BCUT2D eigenvalue weighted by Crippen LogP contribution is -2.20. The van der Waals surface area contributed by atoms with Gasteiger partial charge in [-0.05, 0) is 42.3 Å². The summed E-state index contributed by atoms with van der Waals surface area (Å²) in [5.41, 5.74) is 1.50. The molecule has 0 aliphatic heterocycles. The number of hydrogen-bond acceptors (Lipinski definition) is 4. The summed E-state index contributed by atoms with van der Waals surface area (Å²) < 4.78 is 29.1. The van der Waals surface area contributed by atoms with Crippen molar-refractivity contribution in [3.05, 3.63) is 65.7 Å². The smallest absolute Gasteiger partial charge is 0.251 e. The van der Waals surface area contributed by atoms with E-state index in [1.54, 1.807) is 36.4 Å². The molecule has 0 radical (unpaired) electrons. The molecule has 0 aliphatic carbocycles. The molecule has 0 spiro atoms. The summed E-state index contributed by atoms with van der Waals surface area (Å²) >= 11 is 0. The zero-order valence-electron chi connectivity index (χ0n) is 12.3. The maximum absolute atomic E-state index is 11.9. The molecule has 0 fully saturated rings. The van der Waals surface area contributed by atoms with Crippen molar-refractivity contribution in [3.63, 3.8) is 0 Å². The molecular formula is C16H18N2O3S. The Kier molecular flexibility index (Phi) is 5.55. The molecule has 1 N–H and O–H groups in total. The van der Waals surface area contributed by atoms with Crippen LogP contribution in [0.4, 0.5) is 0 Å². The van der Waals surface area contributed by atoms with Crippen LogP contribution < -0.4 is 9.57 Å². The second kappa shape index (κ2) is 7.61. The molecule has 0 atom stereocenters. The highest BCUT2D eigenvalue weighted by Gasteiger charge is 2.09. The molecule has 22 heavy (non-hydrogen) atoms. The molecule has 0 saturated carbocycles. The zero-order chi connectivity index (χ0) is 15.8. The van der Waals surface area contributed by atoms with Crippen LogP contribution in [0.1, 0.15) is 18.1 Å². The van der Waals surface area contributed by atoms with Crippen LogP contribution in [0.25, 0.3) is 0 Å². The molecule has 0 unspecified atom stereocenters. The van der Waals surface area contributed by atoms with E-state index in [1.165, 1.54) is 6.21 Å². The summed E-state index contributed by atoms with van der Waals surface area (Å²) in [4.78, 5) is 2.21. The number of hydrogen-bond donors (Lipinski definition) is 1. The van der Waals surface area contributed by atoms with Crippen LogP contribution in [-0.4, -0.2) is 21.2 Å². The molecule has 0 bridgehead atoms. The van der Waals surface area contributed by atoms with Crippen molar-refractivity contribution in [2.75, 3.05) is 6.61 Å². The fourth-order valence-electron chi connectivity index (χ4n) is 1.82. The predicted octanol–water partition coefficient (Wildman–Crippen LogP) is 2.54. The van der Waals surface area contributed by atoms with Crippen molar-refractivity contribution in [2.24, 2.45) is 5.10 Å². The van der Waals surface area contributed by atoms with Gasteiger partial charge in [0.15, 0.2) is 0 Å². The second-order valence-electron chi connectivity index (χ2n) is 4.60. The first-order valence-corrected chi connectivity index (χ1v) is 8.53. The summed E-state index contributed by atoms with van der Waals surface area (Å²) in [7, 11) is -3.49. The summed E-state index contributed by atoms with van der Waals surface area (Å²) in [5, 5.41) is 3.78. The zero-order valence-corrected chi connectivity index (χ0v) is 13.1. The van der Waals surface area contributed by atoms with E-state index in [-0.39, 0.29) is 5.75 Å². The number of ether oxygens (including phenoxy) is 1. The van der Waals surface area contributed by atoms with Crippen LogP contribution in [-0.2, 0) is 15.8 Å². The van der Waals surface area contributed by atoms with Crippen LogP contribution in [0.5, 0.6) is 5.75 Å². The monoisotopic (exact) mass is 318 g/mol. The Labute approximate surface area is 130 Å².